The molecule has 17 nitrogen and oxygen atoms in total. The van der Waals surface area contributed by atoms with E-state index in [0.29, 0.717) is 17.9 Å². The zero-order valence-electron chi connectivity index (χ0n) is 21.4. The zero-order valence-corrected chi connectivity index (χ0v) is 24.1. The number of aromatic nitrogens is 4. The van der Waals surface area contributed by atoms with Gasteiger partial charge in [-0.3, -0.25) is 18.2 Å². The Balaban J connectivity index is 1.28. The molecule has 2 unspecified atom stereocenters. The summed E-state index contributed by atoms with van der Waals surface area (Å²) >= 11 is 0. The Kier molecular flexibility index (Phi) is 8.67. The van der Waals surface area contributed by atoms with E-state index in [0.717, 1.165) is 16.3 Å². The van der Waals surface area contributed by atoms with Crippen LogP contribution in [0.25, 0.3) is 21.9 Å². The summed E-state index contributed by atoms with van der Waals surface area (Å²) in [6.07, 6.45) is -3.38. The van der Waals surface area contributed by atoms with Gasteiger partial charge in [-0.1, -0.05) is 42.5 Å². The van der Waals surface area contributed by atoms with Gasteiger partial charge in [-0.25, -0.2) is 23.8 Å². The van der Waals surface area contributed by atoms with Gasteiger partial charge < -0.3 is 39.8 Å². The van der Waals surface area contributed by atoms with Crippen LogP contribution < -0.4 is 5.32 Å². The maximum Gasteiger partial charge on any atom is 0.479 e. The van der Waals surface area contributed by atoms with E-state index in [1.807, 2.05) is 42.5 Å². The van der Waals surface area contributed by atoms with E-state index < -0.39 is 60.1 Å². The monoisotopic (exact) mass is 645 g/mol. The first-order valence-corrected chi connectivity index (χ1v) is 17.2. The fourth-order valence-electron chi connectivity index (χ4n) is 4.50. The number of nitrogens with one attached hydrogen (secondary N) is 1. The van der Waals surface area contributed by atoms with Gasteiger partial charge >= 0.3 is 23.0 Å². The van der Waals surface area contributed by atoms with Gasteiger partial charge in [0.05, 0.1) is 12.9 Å². The number of imidazole rings is 1. The molecule has 2 aromatic carbocycles. The highest BCUT2D eigenvalue weighted by atomic mass is 31.3. The van der Waals surface area contributed by atoms with E-state index in [2.05, 4.69) is 29.1 Å². The molecule has 0 amide bonds. The Morgan fingerprint density at radius 1 is 0.952 bits per heavy atom. The Labute approximate surface area is 237 Å². The fraction of sp³-hybridized carbons (Fsp3) is 0.318. The second-order valence-electron chi connectivity index (χ2n) is 9.37. The van der Waals surface area contributed by atoms with Crippen LogP contribution in [0.2, 0.25) is 0 Å². The summed E-state index contributed by atoms with van der Waals surface area (Å²) in [6, 6.07) is 13.8. The van der Waals surface area contributed by atoms with Crippen LogP contribution in [0.4, 0.5) is 5.82 Å². The van der Waals surface area contributed by atoms with E-state index in [1.165, 1.54) is 17.2 Å². The summed E-state index contributed by atoms with van der Waals surface area (Å²) in [4.78, 5) is 49.7. The summed E-state index contributed by atoms with van der Waals surface area (Å²) in [5.74, 6) is -1.33. The van der Waals surface area contributed by atoms with Gasteiger partial charge in [-0.05, 0) is 16.3 Å². The number of fused-ring (bicyclic) bond motifs is 2. The molecule has 1 aliphatic rings. The highest BCUT2D eigenvalue weighted by Crippen LogP contribution is 2.65. The molecule has 0 saturated carbocycles. The van der Waals surface area contributed by atoms with Crippen molar-refractivity contribution in [3.63, 3.8) is 0 Å². The number of hydrogen-bond acceptors (Lipinski definition) is 12. The molecular formula is C22H26N5O12P3. The molecular weight excluding hydrogens is 619 g/mol. The molecule has 226 valence electrons. The van der Waals surface area contributed by atoms with Crippen molar-refractivity contribution in [1.29, 1.82) is 0 Å². The molecule has 20 heteroatoms. The summed E-state index contributed by atoms with van der Waals surface area (Å²) < 4.78 is 50.5. The van der Waals surface area contributed by atoms with Crippen molar-refractivity contribution in [3.05, 3.63) is 60.7 Å². The molecule has 0 aliphatic carbocycles. The van der Waals surface area contributed by atoms with Crippen molar-refractivity contribution in [2.45, 2.75) is 31.1 Å². The third-order valence-electron chi connectivity index (χ3n) is 6.29. The van der Waals surface area contributed by atoms with E-state index in [9.17, 15) is 33.7 Å². The molecule has 2 aromatic heterocycles. The first-order chi connectivity index (χ1) is 19.7. The SMILES string of the molecule is O=P(O)(O)CP(=O)(O)OP(=O)(O)OC[C@H]1O[C@@H](n2cnc3c(NCc4cccc5ccccc45)ncnc32)[C@H](O)[C@@H]1O. The minimum absolute atomic E-state index is 0.234. The Morgan fingerprint density at radius 3 is 2.45 bits per heavy atom. The number of phosphoric ester groups is 1. The number of anilines is 1. The van der Waals surface area contributed by atoms with Gasteiger partial charge in [-0.2, -0.15) is 0 Å². The van der Waals surface area contributed by atoms with Crippen LogP contribution in [0.3, 0.4) is 0 Å². The number of phosphoric acid groups is 1. The number of aliphatic hydroxyl groups excluding tert-OH is 2. The van der Waals surface area contributed by atoms with Crippen molar-refractivity contribution in [2.75, 3.05) is 17.8 Å². The summed E-state index contributed by atoms with van der Waals surface area (Å²) in [7, 11) is -15.7. The lowest BCUT2D eigenvalue weighted by molar-refractivity contribution is -0.0501. The Bertz CT molecular complexity index is 1740. The van der Waals surface area contributed by atoms with Gasteiger partial charge in [0, 0.05) is 6.54 Å². The number of rotatable bonds is 11. The van der Waals surface area contributed by atoms with E-state index in [4.69, 9.17) is 14.5 Å². The second kappa shape index (κ2) is 11.8. The van der Waals surface area contributed by atoms with Crippen molar-refractivity contribution in [3.8, 4) is 0 Å². The summed E-state index contributed by atoms with van der Waals surface area (Å²) in [5.41, 5.74) is 1.59. The summed E-state index contributed by atoms with van der Waals surface area (Å²) in [5, 5.41) is 26.5. The Morgan fingerprint density at radius 2 is 1.69 bits per heavy atom. The standard InChI is InChI=1S/C22H26N5O12P3/c28-18-16(9-37-42(35,36)39-41(33,34)12-40(30,31)32)38-22(19(18)29)27-11-26-17-20(24-10-25-21(17)27)23-8-14-6-3-5-13-4-1-2-7-15(13)14/h1-7,10-11,16,18-19,22,28-29H,8-9,12H2,(H,33,34)(H,35,36)(H,23,24,25)(H2,30,31,32)/t16-,18-,19-,22-/m1/s1. The number of benzene rings is 2. The average molecular weight is 645 g/mol. The molecule has 3 heterocycles. The molecule has 1 saturated heterocycles. The van der Waals surface area contributed by atoms with Crippen LogP contribution in [-0.2, 0) is 33.8 Å². The second-order valence-corrected chi connectivity index (χ2v) is 15.0. The van der Waals surface area contributed by atoms with Crippen LogP contribution in [0.5, 0.6) is 0 Å². The molecule has 6 atom stereocenters. The van der Waals surface area contributed by atoms with Crippen LogP contribution in [0.15, 0.2) is 55.1 Å². The molecule has 42 heavy (non-hydrogen) atoms. The van der Waals surface area contributed by atoms with E-state index in [-0.39, 0.29) is 5.65 Å². The highest BCUT2D eigenvalue weighted by Gasteiger charge is 2.46. The average Bonchev–Trinajstić information content (AvgIpc) is 3.45. The van der Waals surface area contributed by atoms with Gasteiger partial charge in [0.2, 0.25) is 0 Å². The fourth-order valence-corrected chi connectivity index (χ4v) is 8.85. The zero-order chi connectivity index (χ0) is 30.3. The lowest BCUT2D eigenvalue weighted by Gasteiger charge is -2.19. The maximum absolute atomic E-state index is 12.1. The van der Waals surface area contributed by atoms with Gasteiger partial charge in [0.25, 0.3) is 0 Å². The molecule has 1 aliphatic heterocycles. The van der Waals surface area contributed by atoms with Gasteiger partial charge in [-0.15, -0.1) is 0 Å². The molecule has 0 radical (unpaired) electrons. The summed E-state index contributed by atoms with van der Waals surface area (Å²) in [6.45, 7) is -0.489. The van der Waals surface area contributed by atoms with Crippen molar-refractivity contribution in [2.24, 2.45) is 0 Å². The number of ether oxygens (including phenoxy) is 1. The minimum atomic E-state index is -5.35. The molecule has 0 spiro atoms. The molecule has 4 aromatic rings. The van der Waals surface area contributed by atoms with Crippen LogP contribution in [-0.4, -0.2) is 80.1 Å². The predicted molar refractivity (Wildman–Crippen MR) is 146 cm³/mol. The van der Waals surface area contributed by atoms with Crippen molar-refractivity contribution in [1.82, 2.24) is 19.5 Å². The van der Waals surface area contributed by atoms with Crippen molar-refractivity contribution >= 4 is 50.8 Å². The molecule has 5 rings (SSSR count). The maximum atomic E-state index is 12.1. The number of aliphatic hydroxyl groups is 2. The number of hydrogen-bond donors (Lipinski definition) is 7. The largest absolute Gasteiger partial charge is 0.479 e. The van der Waals surface area contributed by atoms with E-state index >= 15 is 0 Å². The third kappa shape index (κ3) is 6.95. The Hall–Kier alpha value is -2.62. The highest BCUT2D eigenvalue weighted by molar-refractivity contribution is 7.73. The number of nitrogens with zero attached hydrogens (tertiary/aromatic N) is 4. The van der Waals surface area contributed by atoms with Crippen LogP contribution in [0.1, 0.15) is 11.8 Å². The van der Waals surface area contributed by atoms with E-state index in [1.54, 1.807) is 0 Å². The quantitative estimate of drug-likeness (QED) is 0.114. The first kappa shape index (κ1) is 30.8. The first-order valence-electron chi connectivity index (χ1n) is 12.2. The lowest BCUT2D eigenvalue weighted by atomic mass is 10.0. The minimum Gasteiger partial charge on any atom is -0.387 e. The lowest BCUT2D eigenvalue weighted by Crippen LogP contribution is -2.33. The van der Waals surface area contributed by atoms with Crippen LogP contribution in [0, 0.1) is 0 Å². The normalized spacial score (nSPS) is 24.0. The smallest absolute Gasteiger partial charge is 0.387 e. The predicted octanol–water partition coefficient (Wildman–Crippen LogP) is 1.66. The topological polar surface area (TPSA) is 256 Å². The van der Waals surface area contributed by atoms with Crippen LogP contribution >= 0.6 is 23.0 Å². The van der Waals surface area contributed by atoms with Crippen molar-refractivity contribution < 1.29 is 57.1 Å². The molecule has 7 N–H and O–H groups in total. The van der Waals surface area contributed by atoms with Gasteiger partial charge in [0.15, 0.2) is 29.1 Å². The molecule has 0 bridgehead atoms. The van der Waals surface area contributed by atoms with Gasteiger partial charge in [0.1, 0.15) is 24.6 Å². The third-order valence-corrected chi connectivity index (χ3v) is 11.5. The molecule has 1 fully saturated rings.